The van der Waals surface area contributed by atoms with Crippen molar-refractivity contribution >= 4 is 35.1 Å². The number of hydrogen-bond acceptors (Lipinski definition) is 4. The van der Waals surface area contributed by atoms with Crippen LogP contribution in [-0.4, -0.2) is 39.1 Å². The monoisotopic (exact) mass is 475 g/mol. The number of hydrogen-bond donors (Lipinski definition) is 1. The lowest BCUT2D eigenvalue weighted by Gasteiger charge is -2.56. The van der Waals surface area contributed by atoms with Gasteiger partial charge in [-0.25, -0.2) is 0 Å². The van der Waals surface area contributed by atoms with Crippen molar-refractivity contribution in [3.63, 3.8) is 0 Å². The van der Waals surface area contributed by atoms with Crippen LogP contribution in [0.25, 0.3) is 0 Å². The van der Waals surface area contributed by atoms with Crippen LogP contribution in [0.3, 0.4) is 0 Å². The molecule has 2 fully saturated rings. The van der Waals surface area contributed by atoms with Crippen LogP contribution >= 0.6 is 23.2 Å². The minimum atomic E-state index is -1.22. The van der Waals surface area contributed by atoms with Gasteiger partial charge in [-0.1, -0.05) is 54.4 Å². The fourth-order valence-electron chi connectivity index (χ4n) is 5.25. The third kappa shape index (κ3) is 4.02. The quantitative estimate of drug-likeness (QED) is 0.596. The van der Waals surface area contributed by atoms with Crippen LogP contribution in [0.2, 0.25) is 10.0 Å². The van der Waals surface area contributed by atoms with Crippen LogP contribution in [0.15, 0.2) is 48.5 Å². The van der Waals surface area contributed by atoms with Gasteiger partial charge in [0.2, 0.25) is 5.60 Å². The number of nitrogens with zero attached hydrogens (tertiary/aromatic N) is 1. The number of esters is 1. The van der Waals surface area contributed by atoms with Gasteiger partial charge in [-0.05, 0) is 55.7 Å². The summed E-state index contributed by atoms with van der Waals surface area (Å²) in [5.41, 5.74) is -0.537. The number of ether oxygens (including phenoxy) is 1. The van der Waals surface area contributed by atoms with Crippen LogP contribution in [0.1, 0.15) is 63.1 Å². The number of piperidine rings is 1. The smallest absolute Gasteiger partial charge is 0.311 e. The molecule has 0 aliphatic carbocycles. The molecular formula is C25H27Cl2NO4. The standard InChI is InChI=1S/C25H27Cl2NO4/c1-4-20(24(2,3)31)28-22(15-8-10-17(26)11-9-15)19(16-6-5-7-18(27)12-16)13-25(23(28)30)14-21(29)32-25/h5-12,19-20,22,31H,4,13-14H2,1-3H3. The van der Waals surface area contributed by atoms with Gasteiger partial charge in [0.15, 0.2) is 0 Å². The fourth-order valence-corrected chi connectivity index (χ4v) is 5.57. The summed E-state index contributed by atoms with van der Waals surface area (Å²) in [7, 11) is 0. The Hall–Kier alpha value is -2.08. The molecule has 0 bridgehead atoms. The second-order valence-electron chi connectivity index (χ2n) is 9.30. The molecular weight excluding hydrogens is 449 g/mol. The van der Waals surface area contributed by atoms with Crippen molar-refractivity contribution < 1.29 is 19.4 Å². The Labute approximate surface area is 198 Å². The van der Waals surface area contributed by atoms with Crippen molar-refractivity contribution in [1.82, 2.24) is 4.90 Å². The summed E-state index contributed by atoms with van der Waals surface area (Å²) in [6.07, 6.45) is 0.921. The van der Waals surface area contributed by atoms with Crippen molar-refractivity contribution in [2.45, 2.75) is 69.2 Å². The van der Waals surface area contributed by atoms with Gasteiger partial charge < -0.3 is 14.7 Å². The second kappa shape index (κ2) is 8.36. The molecule has 7 heteroatoms. The van der Waals surface area contributed by atoms with Gasteiger partial charge in [-0.2, -0.15) is 0 Å². The van der Waals surface area contributed by atoms with Crippen LogP contribution < -0.4 is 0 Å². The first kappa shape index (κ1) is 23.1. The van der Waals surface area contributed by atoms with Crippen molar-refractivity contribution in [3.05, 3.63) is 69.7 Å². The predicted molar refractivity (Wildman–Crippen MR) is 124 cm³/mol. The molecule has 32 heavy (non-hydrogen) atoms. The van der Waals surface area contributed by atoms with E-state index in [2.05, 4.69) is 0 Å². The lowest BCUT2D eigenvalue weighted by atomic mass is 9.69. The minimum Gasteiger partial charge on any atom is -0.448 e. The Kier molecular flexibility index (Phi) is 6.03. The summed E-state index contributed by atoms with van der Waals surface area (Å²) >= 11 is 12.5. The summed E-state index contributed by atoms with van der Waals surface area (Å²) in [6.45, 7) is 5.35. The number of halogens is 2. The predicted octanol–water partition coefficient (Wildman–Crippen LogP) is 5.29. The maximum atomic E-state index is 13.9. The van der Waals surface area contributed by atoms with E-state index in [0.29, 0.717) is 22.9 Å². The van der Waals surface area contributed by atoms with Crippen molar-refractivity contribution in [1.29, 1.82) is 0 Å². The molecule has 1 spiro atoms. The van der Waals surface area contributed by atoms with Gasteiger partial charge in [-0.15, -0.1) is 0 Å². The Morgan fingerprint density at radius 2 is 1.78 bits per heavy atom. The molecule has 4 atom stereocenters. The molecule has 0 radical (unpaired) electrons. The van der Waals surface area contributed by atoms with E-state index in [1.165, 1.54) is 0 Å². The third-order valence-corrected chi connectivity index (χ3v) is 7.11. The third-order valence-electron chi connectivity index (χ3n) is 6.62. The van der Waals surface area contributed by atoms with Crippen LogP contribution in [0.4, 0.5) is 0 Å². The number of carbonyl (C=O) groups is 2. The van der Waals surface area contributed by atoms with Gasteiger partial charge in [0.05, 0.1) is 24.1 Å². The fraction of sp³-hybridized carbons (Fsp3) is 0.440. The summed E-state index contributed by atoms with van der Waals surface area (Å²) in [5.74, 6) is -0.842. The zero-order valence-electron chi connectivity index (χ0n) is 18.3. The zero-order chi connectivity index (χ0) is 23.3. The second-order valence-corrected chi connectivity index (χ2v) is 10.2. The SMILES string of the molecule is CCC(N1C(=O)C2(CC(=O)O2)CC(c2cccc(Cl)c2)C1c1ccc(Cl)cc1)C(C)(C)O. The van der Waals surface area contributed by atoms with Gasteiger partial charge in [0, 0.05) is 22.4 Å². The molecule has 1 N–H and O–H groups in total. The number of aliphatic hydroxyl groups is 1. The van der Waals surface area contributed by atoms with E-state index in [0.717, 1.165) is 11.1 Å². The van der Waals surface area contributed by atoms with E-state index in [1.807, 2.05) is 37.3 Å². The first-order chi connectivity index (χ1) is 15.1. The number of benzene rings is 2. The van der Waals surface area contributed by atoms with Gasteiger partial charge in [-0.3, -0.25) is 9.59 Å². The highest BCUT2D eigenvalue weighted by molar-refractivity contribution is 6.30. The van der Waals surface area contributed by atoms with Crippen molar-refractivity contribution in [3.8, 4) is 0 Å². The maximum Gasteiger partial charge on any atom is 0.311 e. The lowest BCUT2D eigenvalue weighted by molar-refractivity contribution is -0.215. The van der Waals surface area contributed by atoms with E-state index in [9.17, 15) is 14.7 Å². The average molecular weight is 476 g/mol. The molecule has 4 unspecified atom stereocenters. The Bertz CT molecular complexity index is 1020. The molecule has 2 saturated heterocycles. The van der Waals surface area contributed by atoms with Crippen molar-refractivity contribution in [2.75, 3.05) is 0 Å². The molecule has 2 heterocycles. The highest BCUT2D eigenvalue weighted by Gasteiger charge is 2.62. The normalized spacial score (nSPS) is 26.6. The van der Waals surface area contributed by atoms with Crippen LogP contribution in [-0.2, 0) is 14.3 Å². The van der Waals surface area contributed by atoms with Gasteiger partial charge >= 0.3 is 5.97 Å². The van der Waals surface area contributed by atoms with Crippen LogP contribution in [0, 0.1) is 0 Å². The topological polar surface area (TPSA) is 66.8 Å². The highest BCUT2D eigenvalue weighted by Crippen LogP contribution is 2.53. The van der Waals surface area contributed by atoms with Crippen LogP contribution in [0.5, 0.6) is 0 Å². The molecule has 2 aromatic rings. The Morgan fingerprint density at radius 3 is 2.31 bits per heavy atom. The van der Waals surface area contributed by atoms with E-state index in [1.54, 1.807) is 36.9 Å². The molecule has 0 saturated carbocycles. The number of likely N-dealkylation sites (tertiary alicyclic amines) is 1. The molecule has 2 aromatic carbocycles. The Balaban J connectivity index is 1.92. The van der Waals surface area contributed by atoms with Gasteiger partial charge in [0.1, 0.15) is 0 Å². The minimum absolute atomic E-state index is 0.0367. The summed E-state index contributed by atoms with van der Waals surface area (Å²) in [5, 5.41) is 12.2. The largest absolute Gasteiger partial charge is 0.448 e. The first-order valence-electron chi connectivity index (χ1n) is 10.8. The van der Waals surface area contributed by atoms with E-state index >= 15 is 0 Å². The molecule has 5 nitrogen and oxygen atoms in total. The first-order valence-corrected chi connectivity index (χ1v) is 11.6. The molecule has 0 aromatic heterocycles. The summed E-state index contributed by atoms with van der Waals surface area (Å²) in [4.78, 5) is 27.5. The van der Waals surface area contributed by atoms with E-state index < -0.39 is 17.2 Å². The number of rotatable bonds is 5. The molecule has 170 valence electrons. The van der Waals surface area contributed by atoms with Crippen molar-refractivity contribution in [2.24, 2.45) is 0 Å². The Morgan fingerprint density at radius 1 is 1.12 bits per heavy atom. The average Bonchev–Trinajstić information content (AvgIpc) is 2.70. The van der Waals surface area contributed by atoms with E-state index in [4.69, 9.17) is 27.9 Å². The number of amides is 1. The number of carbonyl (C=O) groups excluding carboxylic acids is 2. The zero-order valence-corrected chi connectivity index (χ0v) is 19.9. The molecule has 1 amide bonds. The van der Waals surface area contributed by atoms with Gasteiger partial charge in [0.25, 0.3) is 5.91 Å². The highest BCUT2D eigenvalue weighted by atomic mass is 35.5. The molecule has 2 aliphatic rings. The summed E-state index contributed by atoms with van der Waals surface area (Å²) < 4.78 is 5.54. The molecule has 4 rings (SSSR count). The maximum absolute atomic E-state index is 13.9. The summed E-state index contributed by atoms with van der Waals surface area (Å²) in [6, 6.07) is 14.1. The molecule has 2 aliphatic heterocycles. The lowest BCUT2D eigenvalue weighted by Crippen LogP contribution is -2.68. The van der Waals surface area contributed by atoms with E-state index in [-0.39, 0.29) is 30.3 Å².